The summed E-state index contributed by atoms with van der Waals surface area (Å²) in [6.07, 6.45) is 10.7. The number of rotatable bonds is 9. The van der Waals surface area contributed by atoms with Crippen LogP contribution in [0.1, 0.15) is 74.6 Å². The number of halogens is 1. The van der Waals surface area contributed by atoms with Crippen LogP contribution in [0.5, 0.6) is 0 Å². The van der Waals surface area contributed by atoms with Gasteiger partial charge in [-0.2, -0.15) is 0 Å². The Hall–Kier alpha value is -1.68. The van der Waals surface area contributed by atoms with Crippen LogP contribution in [0.2, 0.25) is 5.02 Å². The number of aromatic nitrogens is 3. The number of hydrogen-bond donors (Lipinski definition) is 0. The lowest BCUT2D eigenvalue weighted by Crippen LogP contribution is -2.12. The summed E-state index contributed by atoms with van der Waals surface area (Å²) in [7, 11) is 0. The first-order valence-corrected chi connectivity index (χ1v) is 11.1. The first-order valence-electron chi connectivity index (χ1n) is 10.7. The molecular formula is C23H32ClN3O. The number of ketones is 1. The van der Waals surface area contributed by atoms with Gasteiger partial charge in [-0.1, -0.05) is 55.8 Å². The Kier molecular flexibility index (Phi) is 7.66. The van der Waals surface area contributed by atoms with E-state index in [1.54, 1.807) is 0 Å². The molecule has 5 heteroatoms. The average Bonchev–Trinajstić information content (AvgIpc) is 3.11. The Balaban J connectivity index is 1.54. The molecule has 1 aliphatic rings. The lowest BCUT2D eigenvalue weighted by Gasteiger charge is -2.21. The van der Waals surface area contributed by atoms with E-state index in [-0.39, 0.29) is 5.78 Å². The highest BCUT2D eigenvalue weighted by atomic mass is 35.5. The zero-order valence-electron chi connectivity index (χ0n) is 17.2. The summed E-state index contributed by atoms with van der Waals surface area (Å²) in [5, 5.41) is 9.57. The van der Waals surface area contributed by atoms with Gasteiger partial charge in [-0.05, 0) is 43.4 Å². The van der Waals surface area contributed by atoms with Gasteiger partial charge < -0.3 is 4.57 Å². The highest BCUT2D eigenvalue weighted by Gasteiger charge is 2.17. The van der Waals surface area contributed by atoms with Gasteiger partial charge in [0, 0.05) is 37.3 Å². The third-order valence-corrected chi connectivity index (χ3v) is 6.53. The number of Topliss-reactive ketones (excluding diaryl/α,β-unsaturated/α-hetero) is 1. The van der Waals surface area contributed by atoms with Crippen molar-refractivity contribution in [3.63, 3.8) is 0 Å². The van der Waals surface area contributed by atoms with Gasteiger partial charge in [0.15, 0.2) is 0 Å². The summed E-state index contributed by atoms with van der Waals surface area (Å²) < 4.78 is 2.21. The molecule has 1 heterocycles. The maximum Gasteiger partial charge on any atom is 0.137 e. The minimum atomic E-state index is 0.222. The van der Waals surface area contributed by atoms with Gasteiger partial charge in [-0.15, -0.1) is 10.2 Å². The number of carbonyl (C=O) groups is 1. The highest BCUT2D eigenvalue weighted by Crippen LogP contribution is 2.27. The minimum absolute atomic E-state index is 0.222. The van der Waals surface area contributed by atoms with Crippen LogP contribution >= 0.6 is 11.6 Å². The van der Waals surface area contributed by atoms with Crippen molar-refractivity contribution in [3.8, 4) is 0 Å². The van der Waals surface area contributed by atoms with Crippen LogP contribution in [0.25, 0.3) is 0 Å². The smallest absolute Gasteiger partial charge is 0.137 e. The van der Waals surface area contributed by atoms with Crippen molar-refractivity contribution in [2.75, 3.05) is 0 Å². The van der Waals surface area contributed by atoms with Crippen molar-refractivity contribution >= 4 is 17.4 Å². The molecule has 2 aromatic rings. The molecule has 0 saturated heterocycles. The highest BCUT2D eigenvalue weighted by molar-refractivity contribution is 6.31. The van der Waals surface area contributed by atoms with Crippen LogP contribution in [-0.4, -0.2) is 20.5 Å². The van der Waals surface area contributed by atoms with Gasteiger partial charge in [0.25, 0.3) is 0 Å². The molecule has 3 rings (SSSR count). The fraction of sp³-hybridized carbons (Fsp3) is 0.609. The Bertz CT molecular complexity index is 793. The van der Waals surface area contributed by atoms with E-state index in [0.717, 1.165) is 46.7 Å². The zero-order chi connectivity index (χ0) is 19.9. The van der Waals surface area contributed by atoms with Crippen LogP contribution < -0.4 is 0 Å². The van der Waals surface area contributed by atoms with Crippen molar-refractivity contribution in [3.05, 3.63) is 46.0 Å². The fourth-order valence-electron chi connectivity index (χ4n) is 4.31. The van der Waals surface area contributed by atoms with E-state index < -0.39 is 0 Å². The van der Waals surface area contributed by atoms with Crippen LogP contribution in [0.4, 0.5) is 0 Å². The Morgan fingerprint density at radius 3 is 2.57 bits per heavy atom. The maximum absolute atomic E-state index is 12.5. The van der Waals surface area contributed by atoms with E-state index in [1.165, 1.54) is 38.5 Å². The van der Waals surface area contributed by atoms with Gasteiger partial charge in [0.1, 0.15) is 17.4 Å². The van der Waals surface area contributed by atoms with Crippen molar-refractivity contribution < 1.29 is 4.79 Å². The molecule has 0 unspecified atom stereocenters. The van der Waals surface area contributed by atoms with Crippen molar-refractivity contribution in [1.82, 2.24) is 14.8 Å². The monoisotopic (exact) mass is 401 g/mol. The molecule has 0 atom stereocenters. The van der Waals surface area contributed by atoms with Gasteiger partial charge in [-0.25, -0.2) is 0 Å². The molecule has 0 N–H and O–H groups in total. The number of hydrogen-bond acceptors (Lipinski definition) is 3. The molecule has 0 bridgehead atoms. The number of nitrogens with zero attached hydrogens (tertiary/aromatic N) is 3. The second kappa shape index (κ2) is 10.2. The Labute approximate surface area is 173 Å². The van der Waals surface area contributed by atoms with Crippen LogP contribution in [0.3, 0.4) is 0 Å². The predicted octanol–water partition coefficient (Wildman–Crippen LogP) is 5.52. The van der Waals surface area contributed by atoms with Crippen molar-refractivity contribution in [1.29, 1.82) is 0 Å². The lowest BCUT2D eigenvalue weighted by atomic mass is 9.86. The molecule has 0 aliphatic heterocycles. The summed E-state index contributed by atoms with van der Waals surface area (Å²) in [6.45, 7) is 4.97. The molecule has 152 valence electrons. The predicted molar refractivity (Wildman–Crippen MR) is 114 cm³/mol. The third-order valence-electron chi connectivity index (χ3n) is 6.12. The molecule has 1 aromatic carbocycles. The molecule has 1 aliphatic carbocycles. The van der Waals surface area contributed by atoms with Crippen LogP contribution in [0.15, 0.2) is 18.2 Å². The minimum Gasteiger partial charge on any atom is -0.315 e. The first kappa shape index (κ1) is 21.0. The summed E-state index contributed by atoms with van der Waals surface area (Å²) >= 11 is 6.17. The van der Waals surface area contributed by atoms with Crippen molar-refractivity contribution in [2.24, 2.45) is 5.92 Å². The molecule has 0 amide bonds. The molecule has 1 aromatic heterocycles. The largest absolute Gasteiger partial charge is 0.315 e. The van der Waals surface area contributed by atoms with E-state index >= 15 is 0 Å². The second-order valence-electron chi connectivity index (χ2n) is 8.06. The summed E-state index contributed by atoms with van der Waals surface area (Å²) in [4.78, 5) is 12.5. The molecular weight excluding hydrogens is 370 g/mol. The Morgan fingerprint density at radius 2 is 1.86 bits per heavy atom. The van der Waals surface area contributed by atoms with E-state index in [4.69, 9.17) is 11.6 Å². The normalized spacial score (nSPS) is 15.1. The van der Waals surface area contributed by atoms with Crippen LogP contribution in [-0.2, 0) is 30.6 Å². The van der Waals surface area contributed by atoms with Gasteiger partial charge in [0.05, 0.1) is 0 Å². The number of aryl methyl sites for hydroxylation is 2. The van der Waals surface area contributed by atoms with Crippen molar-refractivity contribution in [2.45, 2.75) is 84.6 Å². The molecule has 0 radical (unpaired) electrons. The molecule has 1 fully saturated rings. The number of carbonyl (C=O) groups excluding carboxylic acids is 1. The Morgan fingerprint density at radius 1 is 1.14 bits per heavy atom. The zero-order valence-corrected chi connectivity index (χ0v) is 18.0. The van der Waals surface area contributed by atoms with E-state index in [2.05, 4.69) is 21.7 Å². The lowest BCUT2D eigenvalue weighted by molar-refractivity contribution is -0.118. The topological polar surface area (TPSA) is 47.8 Å². The van der Waals surface area contributed by atoms with E-state index in [9.17, 15) is 4.79 Å². The maximum atomic E-state index is 12.5. The first-order chi connectivity index (χ1) is 13.6. The van der Waals surface area contributed by atoms with Gasteiger partial charge in [0.2, 0.25) is 0 Å². The average molecular weight is 402 g/mol. The van der Waals surface area contributed by atoms with Gasteiger partial charge in [-0.3, -0.25) is 4.79 Å². The fourth-order valence-corrected chi connectivity index (χ4v) is 4.51. The summed E-state index contributed by atoms with van der Waals surface area (Å²) in [5.74, 6) is 3.10. The molecule has 28 heavy (non-hydrogen) atoms. The second-order valence-corrected chi connectivity index (χ2v) is 8.47. The summed E-state index contributed by atoms with van der Waals surface area (Å²) in [5.41, 5.74) is 2.02. The summed E-state index contributed by atoms with van der Waals surface area (Å²) in [6, 6.07) is 5.75. The third kappa shape index (κ3) is 5.44. The van der Waals surface area contributed by atoms with E-state index in [1.807, 2.05) is 25.1 Å². The molecule has 0 spiro atoms. The molecule has 4 nitrogen and oxygen atoms in total. The van der Waals surface area contributed by atoms with Crippen LogP contribution in [0, 0.1) is 12.8 Å². The SMILES string of the molecule is CCn1c(CCC(=O)Cc2cccc(Cl)c2C)nnc1CCC1CCCCC1. The van der Waals surface area contributed by atoms with Gasteiger partial charge >= 0.3 is 0 Å². The van der Waals surface area contributed by atoms with E-state index in [0.29, 0.717) is 19.3 Å². The quantitative estimate of drug-likeness (QED) is 0.556. The number of benzene rings is 1. The standard InChI is InChI=1S/C23H32ClN3O/c1-3-27-22(14-12-18-8-5-4-6-9-18)25-26-23(27)15-13-20(28)16-19-10-7-11-21(24)17(19)2/h7,10-11,18H,3-6,8-9,12-16H2,1-2H3. The molecule has 1 saturated carbocycles.